The molecule has 0 radical (unpaired) electrons. The molecule has 1 fully saturated rings. The fourth-order valence-electron chi connectivity index (χ4n) is 2.64. The molecule has 1 saturated heterocycles. The molecule has 1 aromatic rings. The Labute approximate surface area is 123 Å². The van der Waals surface area contributed by atoms with Crippen molar-refractivity contribution < 1.29 is 19.1 Å². The third kappa shape index (κ3) is 3.32. The zero-order valence-corrected chi connectivity index (χ0v) is 12.1. The number of carbonyl (C=O) groups is 2. The highest BCUT2D eigenvalue weighted by Crippen LogP contribution is 2.24. The fraction of sp³-hybridized carbons (Fsp3) is 0.467. The molecule has 0 aromatic heterocycles. The summed E-state index contributed by atoms with van der Waals surface area (Å²) >= 11 is 0. The average molecular weight is 294 g/mol. The highest BCUT2D eigenvalue weighted by Gasteiger charge is 2.37. The van der Waals surface area contributed by atoms with Crippen molar-refractivity contribution in [3.05, 3.63) is 35.6 Å². The largest absolute Gasteiger partial charge is 0.481 e. The van der Waals surface area contributed by atoms with Gasteiger partial charge in [-0.3, -0.25) is 4.79 Å². The number of benzene rings is 1. The molecule has 21 heavy (non-hydrogen) atoms. The molecule has 0 spiro atoms. The number of hydrogen-bond acceptors (Lipinski definition) is 2. The number of carbonyl (C=O) groups excluding carboxylic acids is 1. The van der Waals surface area contributed by atoms with Crippen LogP contribution in [0.15, 0.2) is 24.3 Å². The van der Waals surface area contributed by atoms with Gasteiger partial charge in [-0.25, -0.2) is 9.18 Å². The maximum absolute atomic E-state index is 13.6. The summed E-state index contributed by atoms with van der Waals surface area (Å²) in [5.41, 5.74) is 0.440. The minimum atomic E-state index is -0.880. The predicted molar refractivity (Wildman–Crippen MR) is 75.1 cm³/mol. The van der Waals surface area contributed by atoms with E-state index in [1.54, 1.807) is 25.2 Å². The van der Waals surface area contributed by atoms with Crippen LogP contribution in [0.2, 0.25) is 0 Å². The summed E-state index contributed by atoms with van der Waals surface area (Å²) in [5, 5.41) is 9.09. The van der Waals surface area contributed by atoms with Crippen LogP contribution in [-0.2, 0) is 11.3 Å². The van der Waals surface area contributed by atoms with Crippen molar-refractivity contribution in [2.45, 2.75) is 13.5 Å². The Bertz CT molecular complexity index is 549. The Morgan fingerprint density at radius 3 is 2.62 bits per heavy atom. The molecule has 1 aromatic carbocycles. The normalized spacial score (nSPS) is 21.4. The van der Waals surface area contributed by atoms with Crippen molar-refractivity contribution in [3.8, 4) is 0 Å². The quantitative estimate of drug-likeness (QED) is 0.928. The third-order valence-corrected chi connectivity index (χ3v) is 3.89. The van der Waals surface area contributed by atoms with Gasteiger partial charge in [0.1, 0.15) is 5.82 Å². The van der Waals surface area contributed by atoms with E-state index in [-0.39, 0.29) is 30.9 Å². The zero-order chi connectivity index (χ0) is 15.6. The smallest absolute Gasteiger partial charge is 0.320 e. The number of halogens is 1. The molecule has 6 heteroatoms. The molecule has 114 valence electrons. The fourth-order valence-corrected chi connectivity index (χ4v) is 2.64. The van der Waals surface area contributed by atoms with Crippen LogP contribution in [0.5, 0.6) is 0 Å². The minimum Gasteiger partial charge on any atom is -0.481 e. The van der Waals surface area contributed by atoms with E-state index in [1.807, 2.05) is 6.92 Å². The molecule has 2 unspecified atom stereocenters. The molecule has 1 N–H and O–H groups in total. The van der Waals surface area contributed by atoms with Crippen LogP contribution in [0.1, 0.15) is 12.5 Å². The van der Waals surface area contributed by atoms with Crippen LogP contribution >= 0.6 is 0 Å². The molecule has 1 aliphatic heterocycles. The summed E-state index contributed by atoms with van der Waals surface area (Å²) in [4.78, 5) is 26.3. The van der Waals surface area contributed by atoms with Crippen molar-refractivity contribution in [1.29, 1.82) is 0 Å². The molecule has 0 aliphatic carbocycles. The number of nitrogens with zero attached hydrogens (tertiary/aromatic N) is 2. The van der Waals surface area contributed by atoms with E-state index in [9.17, 15) is 14.0 Å². The van der Waals surface area contributed by atoms with E-state index in [4.69, 9.17) is 5.11 Å². The number of likely N-dealkylation sites (tertiary alicyclic amines) is 1. The molecule has 0 saturated carbocycles. The van der Waals surface area contributed by atoms with Crippen LogP contribution in [0.3, 0.4) is 0 Å². The number of urea groups is 1. The molecule has 2 rings (SSSR count). The molecule has 2 amide bonds. The SMILES string of the molecule is CC1CN(C(=O)N(C)Cc2ccccc2F)CC1C(=O)O. The lowest BCUT2D eigenvalue weighted by atomic mass is 9.99. The highest BCUT2D eigenvalue weighted by atomic mass is 19.1. The van der Waals surface area contributed by atoms with E-state index < -0.39 is 11.9 Å². The van der Waals surface area contributed by atoms with Gasteiger partial charge in [0.2, 0.25) is 0 Å². The maximum Gasteiger partial charge on any atom is 0.320 e. The van der Waals surface area contributed by atoms with Gasteiger partial charge < -0.3 is 14.9 Å². The van der Waals surface area contributed by atoms with Crippen LogP contribution in [0, 0.1) is 17.7 Å². The van der Waals surface area contributed by atoms with Crippen LogP contribution in [0.25, 0.3) is 0 Å². The number of rotatable bonds is 3. The Kier molecular flexibility index (Phi) is 4.45. The summed E-state index contributed by atoms with van der Waals surface area (Å²) in [7, 11) is 1.59. The standard InChI is InChI=1S/C15H19FN2O3/c1-10-7-18(9-12(10)14(19)20)15(21)17(2)8-11-5-3-4-6-13(11)16/h3-6,10,12H,7-9H2,1-2H3,(H,19,20). The summed E-state index contributed by atoms with van der Waals surface area (Å²) in [6.45, 7) is 2.60. The van der Waals surface area contributed by atoms with E-state index in [0.717, 1.165) is 0 Å². The summed E-state index contributed by atoms with van der Waals surface area (Å²) < 4.78 is 13.6. The number of carboxylic acids is 1. The number of amides is 2. The average Bonchev–Trinajstić information content (AvgIpc) is 2.82. The highest BCUT2D eigenvalue weighted by molar-refractivity contribution is 5.77. The van der Waals surface area contributed by atoms with E-state index in [2.05, 4.69) is 0 Å². The number of carboxylic acid groups (broad SMARTS) is 1. The van der Waals surface area contributed by atoms with Gasteiger partial charge in [-0.15, -0.1) is 0 Å². The second kappa shape index (κ2) is 6.11. The van der Waals surface area contributed by atoms with Crippen LogP contribution in [0.4, 0.5) is 9.18 Å². The first-order valence-corrected chi connectivity index (χ1v) is 6.86. The molecule has 1 aliphatic rings. The number of aliphatic carboxylic acids is 1. The predicted octanol–water partition coefficient (Wildman–Crippen LogP) is 2.03. The van der Waals surface area contributed by atoms with Gasteiger partial charge in [0.15, 0.2) is 0 Å². The van der Waals surface area contributed by atoms with Crippen molar-refractivity contribution >= 4 is 12.0 Å². The van der Waals surface area contributed by atoms with Gasteiger partial charge >= 0.3 is 12.0 Å². The van der Waals surface area contributed by atoms with E-state index in [0.29, 0.717) is 12.1 Å². The molecule has 0 bridgehead atoms. The van der Waals surface area contributed by atoms with Gasteiger partial charge in [-0.05, 0) is 12.0 Å². The molecule has 5 nitrogen and oxygen atoms in total. The first-order chi connectivity index (χ1) is 9.90. The first-order valence-electron chi connectivity index (χ1n) is 6.86. The van der Waals surface area contributed by atoms with E-state index >= 15 is 0 Å². The second-order valence-electron chi connectivity index (χ2n) is 5.56. The van der Waals surface area contributed by atoms with Gasteiger partial charge in [0.25, 0.3) is 0 Å². The lowest BCUT2D eigenvalue weighted by Crippen LogP contribution is -2.40. The lowest BCUT2D eigenvalue weighted by Gasteiger charge is -2.24. The topological polar surface area (TPSA) is 60.9 Å². The molecular formula is C15H19FN2O3. The summed E-state index contributed by atoms with van der Waals surface area (Å²) in [6.07, 6.45) is 0. The zero-order valence-electron chi connectivity index (χ0n) is 12.1. The van der Waals surface area contributed by atoms with Crippen molar-refractivity contribution in [3.63, 3.8) is 0 Å². The van der Waals surface area contributed by atoms with E-state index in [1.165, 1.54) is 15.9 Å². The maximum atomic E-state index is 13.6. The van der Waals surface area contributed by atoms with Gasteiger partial charge in [0.05, 0.1) is 5.92 Å². The van der Waals surface area contributed by atoms with Crippen LogP contribution in [-0.4, -0.2) is 47.0 Å². The van der Waals surface area contributed by atoms with Gasteiger partial charge in [-0.1, -0.05) is 25.1 Å². The Hall–Kier alpha value is -2.11. The van der Waals surface area contributed by atoms with Gasteiger partial charge in [-0.2, -0.15) is 0 Å². The Morgan fingerprint density at radius 1 is 1.38 bits per heavy atom. The summed E-state index contributed by atoms with van der Waals surface area (Å²) in [6, 6.07) is 6.03. The minimum absolute atomic E-state index is 0.0756. The number of hydrogen-bond donors (Lipinski definition) is 1. The lowest BCUT2D eigenvalue weighted by molar-refractivity contribution is -0.142. The van der Waals surface area contributed by atoms with Crippen molar-refractivity contribution in [2.24, 2.45) is 11.8 Å². The second-order valence-corrected chi connectivity index (χ2v) is 5.56. The monoisotopic (exact) mass is 294 g/mol. The summed E-state index contributed by atoms with van der Waals surface area (Å²) in [5.74, 6) is -1.84. The van der Waals surface area contributed by atoms with Crippen molar-refractivity contribution in [2.75, 3.05) is 20.1 Å². The third-order valence-electron chi connectivity index (χ3n) is 3.89. The Balaban J connectivity index is 2.01. The van der Waals surface area contributed by atoms with Gasteiger partial charge in [0, 0.05) is 32.2 Å². The van der Waals surface area contributed by atoms with Crippen LogP contribution < -0.4 is 0 Å². The molecule has 1 heterocycles. The molecule has 2 atom stereocenters. The first kappa shape index (κ1) is 15.3. The molecular weight excluding hydrogens is 275 g/mol. The Morgan fingerprint density at radius 2 is 2.05 bits per heavy atom. The van der Waals surface area contributed by atoms with Crippen molar-refractivity contribution in [1.82, 2.24) is 9.80 Å².